The number of rotatable bonds is 6. The Hall–Kier alpha value is -3.14. The Kier molecular flexibility index (Phi) is 5.46. The second-order valence-electron chi connectivity index (χ2n) is 5.19. The number of Topliss-reactive ketones (excluding diaryl/α,β-unsaturated/α-hetero) is 1. The van der Waals surface area contributed by atoms with Gasteiger partial charge >= 0.3 is 5.97 Å². The van der Waals surface area contributed by atoms with Crippen LogP contribution in [0.4, 0.5) is 10.1 Å². The van der Waals surface area contributed by atoms with Crippen LogP contribution in [0.3, 0.4) is 0 Å². The predicted molar refractivity (Wildman–Crippen MR) is 87.2 cm³/mol. The molecule has 136 valence electrons. The molecule has 0 aromatic heterocycles. The lowest BCUT2D eigenvalue weighted by atomic mass is 10.1. The van der Waals surface area contributed by atoms with Crippen LogP contribution in [0, 0.1) is 15.9 Å². The second kappa shape index (κ2) is 7.40. The molecule has 2 aromatic rings. The van der Waals surface area contributed by atoms with Gasteiger partial charge in [-0.15, -0.1) is 0 Å². The lowest BCUT2D eigenvalue weighted by Crippen LogP contribution is -2.16. The Labute approximate surface area is 147 Å². The fourth-order valence-electron chi connectivity index (χ4n) is 2.08. The second-order valence-corrected chi connectivity index (χ2v) is 7.18. The summed E-state index contributed by atoms with van der Waals surface area (Å²) in [6, 6.07) is 7.79. The van der Waals surface area contributed by atoms with Gasteiger partial charge in [0.1, 0.15) is 10.7 Å². The van der Waals surface area contributed by atoms with Crippen molar-refractivity contribution in [3.05, 3.63) is 69.5 Å². The van der Waals surface area contributed by atoms with E-state index in [4.69, 9.17) is 4.74 Å². The monoisotopic (exact) mass is 381 g/mol. The van der Waals surface area contributed by atoms with Gasteiger partial charge in [0, 0.05) is 12.3 Å². The highest BCUT2D eigenvalue weighted by Gasteiger charge is 2.25. The number of nitrogens with zero attached hydrogens (tertiary/aromatic N) is 1. The van der Waals surface area contributed by atoms with E-state index in [2.05, 4.69) is 0 Å². The maximum atomic E-state index is 13.5. The van der Waals surface area contributed by atoms with Gasteiger partial charge < -0.3 is 4.74 Å². The molecule has 0 aliphatic heterocycles. The number of carbonyl (C=O) groups excluding carboxylic acids is 2. The van der Waals surface area contributed by atoms with Crippen molar-refractivity contribution in [3.63, 3.8) is 0 Å². The molecule has 26 heavy (non-hydrogen) atoms. The van der Waals surface area contributed by atoms with Gasteiger partial charge in [0.05, 0.1) is 16.1 Å². The summed E-state index contributed by atoms with van der Waals surface area (Å²) in [6.45, 7) is -0.776. The molecule has 0 N–H and O–H groups in total. The first-order chi connectivity index (χ1) is 12.1. The van der Waals surface area contributed by atoms with E-state index in [1.807, 2.05) is 0 Å². The van der Waals surface area contributed by atoms with Crippen molar-refractivity contribution in [2.24, 2.45) is 0 Å². The standard InChI is InChI=1S/C16H12FNO7S/c1-26(23,24)15-7-6-10(8-13(15)18(21)22)16(20)25-9-14(19)11-4-2-3-5-12(11)17/h2-8H,9H2,1H3. The first kappa shape index (κ1) is 19.2. The highest BCUT2D eigenvalue weighted by Crippen LogP contribution is 2.25. The molecule has 0 heterocycles. The molecular weight excluding hydrogens is 369 g/mol. The van der Waals surface area contributed by atoms with Gasteiger partial charge in [0.25, 0.3) is 5.69 Å². The lowest BCUT2D eigenvalue weighted by molar-refractivity contribution is -0.387. The minimum absolute atomic E-state index is 0.265. The SMILES string of the molecule is CS(=O)(=O)c1ccc(C(=O)OCC(=O)c2ccccc2F)cc1[N+](=O)[O-]. The van der Waals surface area contributed by atoms with E-state index in [0.717, 1.165) is 30.5 Å². The van der Waals surface area contributed by atoms with Crippen LogP contribution in [0.2, 0.25) is 0 Å². The van der Waals surface area contributed by atoms with Gasteiger partial charge in [0.2, 0.25) is 5.78 Å². The highest BCUT2D eigenvalue weighted by atomic mass is 32.2. The highest BCUT2D eigenvalue weighted by molar-refractivity contribution is 7.90. The van der Waals surface area contributed by atoms with Crippen LogP contribution in [0.15, 0.2) is 47.4 Å². The molecule has 0 aliphatic rings. The number of hydrogen-bond donors (Lipinski definition) is 0. The molecule has 0 saturated heterocycles. The van der Waals surface area contributed by atoms with E-state index in [1.54, 1.807) is 0 Å². The van der Waals surface area contributed by atoms with Gasteiger partial charge in [-0.2, -0.15) is 0 Å². The van der Waals surface area contributed by atoms with E-state index < -0.39 is 49.5 Å². The molecule has 0 spiro atoms. The van der Waals surface area contributed by atoms with E-state index >= 15 is 0 Å². The van der Waals surface area contributed by atoms with Gasteiger partial charge in [-0.25, -0.2) is 17.6 Å². The van der Waals surface area contributed by atoms with Gasteiger partial charge in [0.15, 0.2) is 16.4 Å². The minimum atomic E-state index is -3.88. The molecule has 0 bridgehead atoms. The van der Waals surface area contributed by atoms with Crippen molar-refractivity contribution >= 4 is 27.3 Å². The quantitative estimate of drug-likeness (QED) is 0.325. The smallest absolute Gasteiger partial charge is 0.338 e. The number of esters is 1. The predicted octanol–water partition coefficient (Wildman–Crippen LogP) is 2.18. The lowest BCUT2D eigenvalue weighted by Gasteiger charge is -2.06. The summed E-state index contributed by atoms with van der Waals surface area (Å²) in [7, 11) is -3.88. The Morgan fingerprint density at radius 1 is 1.19 bits per heavy atom. The van der Waals surface area contributed by atoms with Crippen LogP contribution in [0.5, 0.6) is 0 Å². The molecular formula is C16H12FNO7S. The van der Waals surface area contributed by atoms with Gasteiger partial charge in [-0.1, -0.05) is 12.1 Å². The molecule has 2 rings (SSSR count). The van der Waals surface area contributed by atoms with E-state index in [-0.39, 0.29) is 11.1 Å². The molecule has 0 unspecified atom stereocenters. The molecule has 0 aliphatic carbocycles. The Morgan fingerprint density at radius 3 is 2.42 bits per heavy atom. The van der Waals surface area contributed by atoms with Gasteiger partial charge in [-0.05, 0) is 24.3 Å². The number of nitro benzene ring substituents is 1. The molecule has 0 amide bonds. The Bertz CT molecular complexity index is 1000. The van der Waals surface area contributed by atoms with E-state index in [1.165, 1.54) is 18.2 Å². The zero-order chi connectivity index (χ0) is 19.5. The van der Waals surface area contributed by atoms with E-state index in [0.29, 0.717) is 0 Å². The number of ether oxygens (including phenoxy) is 1. The topological polar surface area (TPSA) is 121 Å². The van der Waals surface area contributed by atoms with Crippen molar-refractivity contribution < 1.29 is 32.1 Å². The first-order valence-corrected chi connectivity index (χ1v) is 8.93. The zero-order valence-electron chi connectivity index (χ0n) is 13.3. The number of ketones is 1. The van der Waals surface area contributed by atoms with Crippen LogP contribution >= 0.6 is 0 Å². The molecule has 10 heteroatoms. The molecule has 0 radical (unpaired) electrons. The summed E-state index contributed by atoms with van der Waals surface area (Å²) in [4.78, 5) is 33.3. The summed E-state index contributed by atoms with van der Waals surface area (Å²) in [5, 5.41) is 11.0. The average molecular weight is 381 g/mol. The maximum Gasteiger partial charge on any atom is 0.338 e. The van der Waals surface area contributed by atoms with Crippen molar-refractivity contribution in [2.45, 2.75) is 4.90 Å². The largest absolute Gasteiger partial charge is 0.454 e. The molecule has 8 nitrogen and oxygen atoms in total. The molecule has 0 atom stereocenters. The van der Waals surface area contributed by atoms with Crippen molar-refractivity contribution in [1.82, 2.24) is 0 Å². The van der Waals surface area contributed by atoms with Crippen molar-refractivity contribution in [1.29, 1.82) is 0 Å². The summed E-state index contributed by atoms with van der Waals surface area (Å²) in [5.41, 5.74) is -1.37. The summed E-state index contributed by atoms with van der Waals surface area (Å²) in [5.74, 6) is -2.65. The number of halogens is 1. The average Bonchev–Trinajstić information content (AvgIpc) is 2.58. The van der Waals surface area contributed by atoms with Gasteiger partial charge in [-0.3, -0.25) is 14.9 Å². The number of benzene rings is 2. The first-order valence-electron chi connectivity index (χ1n) is 7.04. The van der Waals surface area contributed by atoms with E-state index in [9.17, 15) is 32.5 Å². The zero-order valence-corrected chi connectivity index (χ0v) is 14.2. The van der Waals surface area contributed by atoms with Crippen LogP contribution in [-0.2, 0) is 14.6 Å². The third kappa shape index (κ3) is 4.28. The number of hydrogen-bond acceptors (Lipinski definition) is 7. The third-order valence-corrected chi connectivity index (χ3v) is 4.44. The maximum absolute atomic E-state index is 13.5. The fourth-order valence-corrected chi connectivity index (χ4v) is 2.91. The Balaban J connectivity index is 2.20. The van der Waals surface area contributed by atoms with Crippen LogP contribution in [0.25, 0.3) is 0 Å². The summed E-state index contributed by atoms with van der Waals surface area (Å²) >= 11 is 0. The molecule has 0 saturated carbocycles. The minimum Gasteiger partial charge on any atom is -0.454 e. The van der Waals surface area contributed by atoms with Crippen LogP contribution in [-0.4, -0.2) is 38.0 Å². The normalized spacial score (nSPS) is 11.0. The number of carbonyl (C=O) groups is 2. The number of nitro groups is 1. The third-order valence-electron chi connectivity index (χ3n) is 3.30. The van der Waals surface area contributed by atoms with Crippen molar-refractivity contribution in [2.75, 3.05) is 12.9 Å². The summed E-state index contributed by atoms with van der Waals surface area (Å²) in [6.07, 6.45) is 0.792. The van der Waals surface area contributed by atoms with Crippen LogP contribution < -0.4 is 0 Å². The Morgan fingerprint density at radius 2 is 1.85 bits per heavy atom. The molecule has 2 aromatic carbocycles. The molecule has 0 fully saturated rings. The number of sulfone groups is 1. The fraction of sp³-hybridized carbons (Fsp3) is 0.125. The van der Waals surface area contributed by atoms with Crippen molar-refractivity contribution in [3.8, 4) is 0 Å². The van der Waals surface area contributed by atoms with Crippen LogP contribution in [0.1, 0.15) is 20.7 Å². The summed E-state index contributed by atoms with van der Waals surface area (Å²) < 4.78 is 41.3.